The number of anilines is 1. The van der Waals surface area contributed by atoms with Gasteiger partial charge in [0.1, 0.15) is 0 Å². The third-order valence-electron chi connectivity index (χ3n) is 7.74. The number of amides is 1. The second-order valence-electron chi connectivity index (χ2n) is 9.01. The van der Waals surface area contributed by atoms with Crippen LogP contribution in [0.25, 0.3) is 0 Å². The van der Waals surface area contributed by atoms with E-state index >= 15 is 0 Å². The highest BCUT2D eigenvalue weighted by Crippen LogP contribution is 2.65. The highest BCUT2D eigenvalue weighted by molar-refractivity contribution is 5.80. The van der Waals surface area contributed by atoms with Gasteiger partial charge >= 0.3 is 0 Å². The van der Waals surface area contributed by atoms with E-state index < -0.39 is 0 Å². The van der Waals surface area contributed by atoms with Crippen molar-refractivity contribution < 1.29 is 4.79 Å². The summed E-state index contributed by atoms with van der Waals surface area (Å²) in [5, 5.41) is 3.44. The first-order chi connectivity index (χ1) is 11.9. The molecule has 1 N–H and O–H groups in total. The van der Waals surface area contributed by atoms with Crippen LogP contribution in [0.2, 0.25) is 0 Å². The van der Waals surface area contributed by atoms with E-state index in [1.54, 1.807) is 12.4 Å². The SMILES string of the molecule is CC1(C)[C@H]2CC[C@@]1(C)[C@H](NC(=O)[C@@H]1CCCN(c3ncccn3)C1)C2. The summed E-state index contributed by atoms with van der Waals surface area (Å²) in [4.78, 5) is 23.8. The minimum Gasteiger partial charge on any atom is -0.352 e. The molecular weight excluding hydrogens is 312 g/mol. The highest BCUT2D eigenvalue weighted by Gasteiger charge is 2.61. The van der Waals surface area contributed by atoms with E-state index in [1.165, 1.54) is 12.8 Å². The summed E-state index contributed by atoms with van der Waals surface area (Å²) in [6.45, 7) is 8.84. The van der Waals surface area contributed by atoms with E-state index in [2.05, 4.69) is 41.0 Å². The van der Waals surface area contributed by atoms with Crippen molar-refractivity contribution in [2.45, 2.75) is 58.9 Å². The third-order valence-corrected chi connectivity index (χ3v) is 7.74. The number of fused-ring (bicyclic) bond motifs is 2. The number of nitrogens with one attached hydrogen (secondary N) is 1. The molecule has 4 rings (SSSR count). The Hall–Kier alpha value is -1.65. The van der Waals surface area contributed by atoms with E-state index in [9.17, 15) is 4.79 Å². The molecule has 1 aromatic heterocycles. The number of aromatic nitrogens is 2. The van der Waals surface area contributed by atoms with Gasteiger partial charge in [-0.3, -0.25) is 4.79 Å². The van der Waals surface area contributed by atoms with Crippen LogP contribution in [0, 0.1) is 22.7 Å². The molecule has 1 amide bonds. The van der Waals surface area contributed by atoms with Crippen molar-refractivity contribution >= 4 is 11.9 Å². The van der Waals surface area contributed by atoms with Crippen molar-refractivity contribution in [3.05, 3.63) is 18.5 Å². The van der Waals surface area contributed by atoms with E-state index in [1.807, 2.05) is 6.07 Å². The largest absolute Gasteiger partial charge is 0.352 e. The first kappa shape index (κ1) is 16.8. The Morgan fingerprint density at radius 3 is 2.64 bits per heavy atom. The Morgan fingerprint density at radius 1 is 1.24 bits per heavy atom. The molecule has 136 valence electrons. The van der Waals surface area contributed by atoms with Gasteiger partial charge in [0, 0.05) is 31.5 Å². The number of rotatable bonds is 3. The molecule has 0 aromatic carbocycles. The molecule has 3 fully saturated rings. The van der Waals surface area contributed by atoms with E-state index in [0.29, 0.717) is 11.5 Å². The fourth-order valence-corrected chi connectivity index (χ4v) is 5.54. The molecule has 5 nitrogen and oxygen atoms in total. The number of piperidine rings is 1. The quantitative estimate of drug-likeness (QED) is 0.917. The lowest BCUT2D eigenvalue weighted by molar-refractivity contribution is -0.127. The molecular formula is C20H30N4O. The summed E-state index contributed by atoms with van der Waals surface area (Å²) in [6, 6.07) is 2.16. The van der Waals surface area contributed by atoms with Crippen LogP contribution >= 0.6 is 0 Å². The number of carbonyl (C=O) groups is 1. The minimum absolute atomic E-state index is 0.0448. The van der Waals surface area contributed by atoms with Gasteiger partial charge in [-0.15, -0.1) is 0 Å². The zero-order chi connectivity index (χ0) is 17.7. The minimum atomic E-state index is 0.0448. The molecule has 1 saturated heterocycles. The Labute approximate surface area is 150 Å². The number of nitrogens with zero attached hydrogens (tertiary/aromatic N) is 3. The summed E-state index contributed by atoms with van der Waals surface area (Å²) in [6.07, 6.45) is 9.22. The van der Waals surface area contributed by atoms with Crippen LogP contribution in [0.1, 0.15) is 52.9 Å². The predicted molar refractivity (Wildman–Crippen MR) is 98.1 cm³/mol. The van der Waals surface area contributed by atoms with Crippen LogP contribution < -0.4 is 10.2 Å². The summed E-state index contributed by atoms with van der Waals surface area (Å²) in [7, 11) is 0. The maximum atomic E-state index is 13.0. The average molecular weight is 342 g/mol. The van der Waals surface area contributed by atoms with Crippen LogP contribution in [0.5, 0.6) is 0 Å². The lowest BCUT2D eigenvalue weighted by atomic mass is 9.69. The van der Waals surface area contributed by atoms with Crippen molar-refractivity contribution in [1.29, 1.82) is 0 Å². The Kier molecular flexibility index (Phi) is 4.00. The normalized spacial score (nSPS) is 36.4. The summed E-state index contributed by atoms with van der Waals surface area (Å²) >= 11 is 0. The van der Waals surface area contributed by atoms with Crippen LogP contribution in [0.4, 0.5) is 5.95 Å². The zero-order valence-corrected chi connectivity index (χ0v) is 15.7. The predicted octanol–water partition coefficient (Wildman–Crippen LogP) is 3.02. The van der Waals surface area contributed by atoms with Crippen molar-refractivity contribution in [3.8, 4) is 0 Å². The molecule has 4 atom stereocenters. The Balaban J connectivity index is 1.42. The molecule has 1 aliphatic heterocycles. The summed E-state index contributed by atoms with van der Waals surface area (Å²) in [5.74, 6) is 1.77. The van der Waals surface area contributed by atoms with Gasteiger partial charge < -0.3 is 10.2 Å². The lowest BCUT2D eigenvalue weighted by Gasteiger charge is -2.40. The van der Waals surface area contributed by atoms with E-state index in [0.717, 1.165) is 44.2 Å². The number of hydrogen-bond acceptors (Lipinski definition) is 4. The van der Waals surface area contributed by atoms with Gasteiger partial charge in [0.2, 0.25) is 11.9 Å². The first-order valence-electron chi connectivity index (χ1n) is 9.74. The van der Waals surface area contributed by atoms with Crippen molar-refractivity contribution in [1.82, 2.24) is 15.3 Å². The summed E-state index contributed by atoms with van der Waals surface area (Å²) < 4.78 is 0. The van der Waals surface area contributed by atoms with Gasteiger partial charge in [0.25, 0.3) is 0 Å². The third kappa shape index (κ3) is 2.63. The van der Waals surface area contributed by atoms with Gasteiger partial charge in [-0.05, 0) is 54.9 Å². The van der Waals surface area contributed by atoms with E-state index in [4.69, 9.17) is 0 Å². The number of hydrogen-bond donors (Lipinski definition) is 1. The maximum Gasteiger partial charge on any atom is 0.225 e. The Bertz CT molecular complexity index is 646. The van der Waals surface area contributed by atoms with Crippen LogP contribution in [0.3, 0.4) is 0 Å². The van der Waals surface area contributed by atoms with Crippen LogP contribution in [-0.2, 0) is 4.79 Å². The standard InChI is InChI=1S/C20H30N4O/c1-19(2)15-7-8-20(19,3)16(12-15)23-17(25)14-6-4-11-24(13-14)18-21-9-5-10-22-18/h5,9-10,14-16H,4,6-8,11-13H2,1-3H3,(H,23,25)/t14-,15+,16-,20+/m1/s1. The van der Waals surface area contributed by atoms with Gasteiger partial charge in [0.15, 0.2) is 0 Å². The molecule has 0 spiro atoms. The van der Waals surface area contributed by atoms with Crippen LogP contribution in [-0.4, -0.2) is 35.0 Å². The Morgan fingerprint density at radius 2 is 2.00 bits per heavy atom. The number of carbonyl (C=O) groups excluding carboxylic acids is 1. The van der Waals surface area contributed by atoms with Gasteiger partial charge in [-0.2, -0.15) is 0 Å². The molecule has 2 heterocycles. The van der Waals surface area contributed by atoms with Crippen molar-refractivity contribution in [2.24, 2.45) is 22.7 Å². The first-order valence-corrected chi connectivity index (χ1v) is 9.74. The van der Waals surface area contributed by atoms with E-state index in [-0.39, 0.29) is 17.2 Å². The second kappa shape index (κ2) is 5.96. The molecule has 3 aliphatic rings. The lowest BCUT2D eigenvalue weighted by Crippen LogP contribution is -2.51. The summed E-state index contributed by atoms with van der Waals surface area (Å²) in [5.41, 5.74) is 0.575. The fourth-order valence-electron chi connectivity index (χ4n) is 5.54. The van der Waals surface area contributed by atoms with Gasteiger partial charge in [-0.25, -0.2) is 9.97 Å². The maximum absolute atomic E-state index is 13.0. The molecule has 2 aliphatic carbocycles. The molecule has 2 saturated carbocycles. The topological polar surface area (TPSA) is 58.1 Å². The molecule has 5 heteroatoms. The van der Waals surface area contributed by atoms with Gasteiger partial charge in [-0.1, -0.05) is 20.8 Å². The van der Waals surface area contributed by atoms with Crippen molar-refractivity contribution in [2.75, 3.05) is 18.0 Å². The molecule has 0 radical (unpaired) electrons. The second-order valence-corrected chi connectivity index (χ2v) is 9.01. The molecule has 25 heavy (non-hydrogen) atoms. The van der Waals surface area contributed by atoms with Gasteiger partial charge in [0.05, 0.1) is 5.92 Å². The highest BCUT2D eigenvalue weighted by atomic mass is 16.2. The zero-order valence-electron chi connectivity index (χ0n) is 15.7. The van der Waals surface area contributed by atoms with Crippen molar-refractivity contribution in [3.63, 3.8) is 0 Å². The monoisotopic (exact) mass is 342 g/mol. The molecule has 2 bridgehead atoms. The molecule has 1 aromatic rings. The smallest absolute Gasteiger partial charge is 0.225 e. The fraction of sp³-hybridized carbons (Fsp3) is 0.750. The molecule has 0 unspecified atom stereocenters. The average Bonchev–Trinajstić information content (AvgIpc) is 2.96. The van der Waals surface area contributed by atoms with Crippen LogP contribution in [0.15, 0.2) is 18.5 Å².